The van der Waals surface area contributed by atoms with Crippen molar-refractivity contribution in [3.05, 3.63) is 42.2 Å². The van der Waals surface area contributed by atoms with Crippen LogP contribution in [-0.2, 0) is 7.05 Å². The normalized spacial score (nSPS) is 11.0. The molecule has 0 spiro atoms. The Labute approximate surface area is 105 Å². The lowest BCUT2D eigenvalue weighted by atomic mass is 10.2. The van der Waals surface area contributed by atoms with E-state index in [4.69, 9.17) is 5.73 Å². The predicted octanol–water partition coefficient (Wildman–Crippen LogP) is 2.53. The second-order valence-electron chi connectivity index (χ2n) is 4.45. The summed E-state index contributed by atoms with van der Waals surface area (Å²) < 4.78 is 2.06. The average molecular weight is 238 g/mol. The van der Waals surface area contributed by atoms with Crippen LogP contribution in [0, 0.1) is 6.92 Å². The van der Waals surface area contributed by atoms with E-state index in [1.807, 2.05) is 13.1 Å². The van der Waals surface area contributed by atoms with Crippen LogP contribution >= 0.6 is 0 Å². The van der Waals surface area contributed by atoms with Gasteiger partial charge in [-0.15, -0.1) is 0 Å². The van der Waals surface area contributed by atoms with E-state index in [-0.39, 0.29) is 0 Å². The molecule has 90 valence electrons. The first-order valence-corrected chi connectivity index (χ1v) is 5.80. The number of pyridine rings is 1. The fourth-order valence-corrected chi connectivity index (χ4v) is 2.16. The maximum Gasteiger partial charge on any atom is 0.143 e. The molecule has 0 aliphatic rings. The first-order chi connectivity index (χ1) is 8.66. The van der Waals surface area contributed by atoms with E-state index in [0.717, 1.165) is 22.4 Å². The number of rotatable bonds is 1. The molecule has 0 fully saturated rings. The Morgan fingerprint density at radius 2 is 2.06 bits per heavy atom. The van der Waals surface area contributed by atoms with Crippen molar-refractivity contribution in [3.63, 3.8) is 0 Å². The SMILES string of the molecule is Cc1ccc2c(c1)nc(-c1ccncc1N)n2C. The quantitative estimate of drug-likeness (QED) is 0.708. The number of fused-ring (bicyclic) bond motifs is 1. The van der Waals surface area contributed by atoms with Crippen molar-refractivity contribution in [2.24, 2.45) is 7.05 Å². The van der Waals surface area contributed by atoms with Crippen LogP contribution in [0.15, 0.2) is 36.7 Å². The van der Waals surface area contributed by atoms with Crippen LogP contribution in [0.4, 0.5) is 5.69 Å². The zero-order valence-corrected chi connectivity index (χ0v) is 10.4. The number of nitrogen functional groups attached to an aromatic ring is 1. The van der Waals surface area contributed by atoms with Crippen molar-refractivity contribution < 1.29 is 0 Å². The van der Waals surface area contributed by atoms with Gasteiger partial charge in [0.2, 0.25) is 0 Å². The molecule has 4 heteroatoms. The van der Waals surface area contributed by atoms with Crippen LogP contribution in [0.5, 0.6) is 0 Å². The zero-order valence-electron chi connectivity index (χ0n) is 10.4. The number of nitrogens with zero attached hydrogens (tertiary/aromatic N) is 3. The molecule has 0 aliphatic heterocycles. The minimum absolute atomic E-state index is 0.646. The third-order valence-corrected chi connectivity index (χ3v) is 3.13. The molecule has 2 N–H and O–H groups in total. The van der Waals surface area contributed by atoms with E-state index < -0.39 is 0 Å². The summed E-state index contributed by atoms with van der Waals surface area (Å²) >= 11 is 0. The lowest BCUT2D eigenvalue weighted by Gasteiger charge is -2.04. The first-order valence-electron chi connectivity index (χ1n) is 5.80. The van der Waals surface area contributed by atoms with E-state index in [2.05, 4.69) is 39.7 Å². The third-order valence-electron chi connectivity index (χ3n) is 3.13. The molecule has 0 amide bonds. The molecule has 0 saturated heterocycles. The molecule has 0 aliphatic carbocycles. The molecule has 3 aromatic rings. The Bertz CT molecular complexity index is 728. The van der Waals surface area contributed by atoms with Crippen molar-refractivity contribution in [2.45, 2.75) is 6.92 Å². The monoisotopic (exact) mass is 238 g/mol. The van der Waals surface area contributed by atoms with Crippen LogP contribution in [-0.4, -0.2) is 14.5 Å². The molecular formula is C14H14N4. The molecule has 0 radical (unpaired) electrons. The van der Waals surface area contributed by atoms with E-state index >= 15 is 0 Å². The standard InChI is InChI=1S/C14H14N4/c1-9-3-4-13-12(7-9)17-14(18(13)2)10-5-6-16-8-11(10)15/h3-8H,15H2,1-2H3. The lowest BCUT2D eigenvalue weighted by Crippen LogP contribution is -1.97. The highest BCUT2D eigenvalue weighted by molar-refractivity contribution is 5.83. The Morgan fingerprint density at radius 1 is 1.22 bits per heavy atom. The average Bonchev–Trinajstić information content (AvgIpc) is 2.67. The minimum Gasteiger partial charge on any atom is -0.397 e. The summed E-state index contributed by atoms with van der Waals surface area (Å²) in [6.07, 6.45) is 3.39. The molecule has 0 saturated carbocycles. The van der Waals surface area contributed by atoms with Gasteiger partial charge in [0.1, 0.15) is 5.82 Å². The highest BCUT2D eigenvalue weighted by atomic mass is 15.1. The first kappa shape index (κ1) is 10.8. The summed E-state index contributed by atoms with van der Waals surface area (Å²) in [4.78, 5) is 8.67. The second-order valence-corrected chi connectivity index (χ2v) is 4.45. The summed E-state index contributed by atoms with van der Waals surface area (Å²) in [5.41, 5.74) is 10.8. The Balaban J connectivity index is 2.31. The molecule has 2 heterocycles. The van der Waals surface area contributed by atoms with Crippen LogP contribution in [0.3, 0.4) is 0 Å². The number of nitrogens with two attached hydrogens (primary N) is 1. The van der Waals surface area contributed by atoms with Gasteiger partial charge in [0.25, 0.3) is 0 Å². The number of hydrogen-bond acceptors (Lipinski definition) is 3. The van der Waals surface area contributed by atoms with Gasteiger partial charge in [-0.2, -0.15) is 0 Å². The highest BCUT2D eigenvalue weighted by Gasteiger charge is 2.11. The molecule has 0 bridgehead atoms. The summed E-state index contributed by atoms with van der Waals surface area (Å²) in [5, 5.41) is 0. The van der Waals surface area contributed by atoms with Gasteiger partial charge >= 0.3 is 0 Å². The molecular weight excluding hydrogens is 224 g/mol. The number of hydrogen-bond donors (Lipinski definition) is 1. The lowest BCUT2D eigenvalue weighted by molar-refractivity contribution is 0.959. The second kappa shape index (κ2) is 3.84. The molecule has 0 unspecified atom stereocenters. The smallest absolute Gasteiger partial charge is 0.143 e. The maximum atomic E-state index is 5.96. The number of imidazole rings is 1. The maximum absolute atomic E-state index is 5.96. The minimum atomic E-state index is 0.646. The van der Waals surface area contributed by atoms with Crippen molar-refractivity contribution in [2.75, 3.05) is 5.73 Å². The number of anilines is 1. The third kappa shape index (κ3) is 1.54. The number of aryl methyl sites for hydroxylation is 2. The molecule has 0 atom stereocenters. The number of aromatic nitrogens is 3. The summed E-state index contributed by atoms with van der Waals surface area (Å²) in [6, 6.07) is 8.14. The summed E-state index contributed by atoms with van der Waals surface area (Å²) in [7, 11) is 2.00. The van der Waals surface area contributed by atoms with Crippen LogP contribution in [0.2, 0.25) is 0 Å². The van der Waals surface area contributed by atoms with Crippen LogP contribution < -0.4 is 5.73 Å². The Morgan fingerprint density at radius 3 is 2.83 bits per heavy atom. The Hall–Kier alpha value is -2.36. The largest absolute Gasteiger partial charge is 0.397 e. The van der Waals surface area contributed by atoms with E-state index in [1.165, 1.54) is 5.56 Å². The van der Waals surface area contributed by atoms with Gasteiger partial charge in [-0.25, -0.2) is 4.98 Å². The van der Waals surface area contributed by atoms with Gasteiger partial charge in [-0.1, -0.05) is 6.07 Å². The van der Waals surface area contributed by atoms with Gasteiger partial charge in [0.05, 0.1) is 22.9 Å². The fraction of sp³-hybridized carbons (Fsp3) is 0.143. The van der Waals surface area contributed by atoms with Crippen molar-refractivity contribution in [3.8, 4) is 11.4 Å². The molecule has 1 aromatic carbocycles. The fourth-order valence-electron chi connectivity index (χ4n) is 2.16. The van der Waals surface area contributed by atoms with Crippen LogP contribution in [0.25, 0.3) is 22.4 Å². The molecule has 4 nitrogen and oxygen atoms in total. The zero-order chi connectivity index (χ0) is 12.7. The molecule has 3 rings (SSSR count). The summed E-state index contributed by atoms with van der Waals surface area (Å²) in [5.74, 6) is 0.871. The highest BCUT2D eigenvalue weighted by Crippen LogP contribution is 2.27. The van der Waals surface area contributed by atoms with E-state index in [9.17, 15) is 0 Å². The van der Waals surface area contributed by atoms with E-state index in [0.29, 0.717) is 5.69 Å². The molecule has 18 heavy (non-hydrogen) atoms. The van der Waals surface area contributed by atoms with Crippen molar-refractivity contribution in [1.29, 1.82) is 0 Å². The van der Waals surface area contributed by atoms with Crippen molar-refractivity contribution in [1.82, 2.24) is 14.5 Å². The number of benzene rings is 1. The van der Waals surface area contributed by atoms with Crippen molar-refractivity contribution >= 4 is 16.7 Å². The summed E-state index contributed by atoms with van der Waals surface area (Å²) in [6.45, 7) is 2.06. The van der Waals surface area contributed by atoms with Gasteiger partial charge < -0.3 is 10.3 Å². The topological polar surface area (TPSA) is 56.7 Å². The molecule has 2 aromatic heterocycles. The van der Waals surface area contributed by atoms with E-state index in [1.54, 1.807) is 12.4 Å². The van der Waals surface area contributed by atoms with Crippen LogP contribution in [0.1, 0.15) is 5.56 Å². The Kier molecular flexibility index (Phi) is 2.30. The predicted molar refractivity (Wildman–Crippen MR) is 73.1 cm³/mol. The van der Waals surface area contributed by atoms with Gasteiger partial charge in [-0.05, 0) is 30.7 Å². The van der Waals surface area contributed by atoms with Gasteiger partial charge in [0, 0.05) is 18.8 Å². The van der Waals surface area contributed by atoms with Gasteiger partial charge in [-0.3, -0.25) is 4.98 Å². The van der Waals surface area contributed by atoms with Gasteiger partial charge in [0.15, 0.2) is 0 Å².